The second-order valence-electron chi connectivity index (χ2n) is 6.47. The monoisotopic (exact) mass is 307 g/mol. The van der Waals surface area contributed by atoms with E-state index in [9.17, 15) is 4.39 Å². The Morgan fingerprint density at radius 3 is 2.50 bits per heavy atom. The molecule has 0 aromatic carbocycles. The first kappa shape index (κ1) is 16.9. The van der Waals surface area contributed by atoms with Crippen LogP contribution in [0.1, 0.15) is 33.3 Å². The molecular weight excluding hydrogens is 284 g/mol. The highest BCUT2D eigenvalue weighted by Crippen LogP contribution is 2.38. The van der Waals surface area contributed by atoms with Crippen LogP contribution in [0.15, 0.2) is 17.7 Å². The zero-order valence-corrected chi connectivity index (χ0v) is 13.7. The van der Waals surface area contributed by atoms with Crippen LogP contribution in [0.4, 0.5) is 10.2 Å². The normalized spacial score (nSPS) is 20.5. The molecule has 1 aliphatic heterocycles. The van der Waals surface area contributed by atoms with Crippen molar-refractivity contribution in [1.82, 2.24) is 10.3 Å². The molecule has 1 aliphatic rings. The molecule has 0 unspecified atom stereocenters. The minimum absolute atomic E-state index is 0.270. The van der Waals surface area contributed by atoms with E-state index >= 15 is 0 Å². The minimum Gasteiger partial charge on any atom is -0.400 e. The number of anilines is 1. The third-order valence-electron chi connectivity index (χ3n) is 4.19. The van der Waals surface area contributed by atoms with E-state index in [4.69, 9.17) is 15.0 Å². The lowest BCUT2D eigenvalue weighted by Gasteiger charge is -2.32. The quantitative estimate of drug-likeness (QED) is 0.833. The van der Waals surface area contributed by atoms with Gasteiger partial charge in [0.25, 0.3) is 0 Å². The summed E-state index contributed by atoms with van der Waals surface area (Å²) in [5, 5.41) is 3.07. The Hall–Kier alpha value is -1.44. The average molecular weight is 307 g/mol. The summed E-state index contributed by atoms with van der Waals surface area (Å²) in [7, 11) is 1.31. The Kier molecular flexibility index (Phi) is 4.61. The molecule has 1 fully saturated rings. The fourth-order valence-electron chi connectivity index (χ4n) is 2.18. The maximum atomic E-state index is 13.4. The molecule has 0 spiro atoms. The number of pyridine rings is 1. The first-order chi connectivity index (χ1) is 10.2. The topological polar surface area (TPSA) is 69.4 Å². The third-order valence-corrected chi connectivity index (χ3v) is 4.19. The fourth-order valence-corrected chi connectivity index (χ4v) is 2.18. The molecular formula is C15H23BFN3O2. The smallest absolute Gasteiger partial charge is 0.400 e. The number of nitrogens with one attached hydrogen (secondary N) is 1. The van der Waals surface area contributed by atoms with Gasteiger partial charge < -0.3 is 20.4 Å². The van der Waals surface area contributed by atoms with Crippen LogP contribution in [0.25, 0.3) is 6.08 Å². The Balaban J connectivity index is 2.35. The van der Waals surface area contributed by atoms with Crippen LogP contribution in [-0.4, -0.2) is 36.9 Å². The number of aromatic nitrogens is 1. The number of halogens is 1. The van der Waals surface area contributed by atoms with E-state index in [2.05, 4.69) is 10.3 Å². The van der Waals surface area contributed by atoms with Crippen LogP contribution in [0.3, 0.4) is 0 Å². The highest BCUT2D eigenvalue weighted by molar-refractivity contribution is 6.56. The summed E-state index contributed by atoms with van der Waals surface area (Å²) in [6, 6.07) is 1.35. The molecule has 0 bridgehead atoms. The van der Waals surface area contributed by atoms with E-state index < -0.39 is 24.1 Å². The van der Waals surface area contributed by atoms with Gasteiger partial charge in [0, 0.05) is 12.1 Å². The molecule has 2 rings (SSSR count). The van der Waals surface area contributed by atoms with Crippen LogP contribution in [0, 0.1) is 5.82 Å². The molecule has 0 saturated carbocycles. The Morgan fingerprint density at radius 2 is 1.95 bits per heavy atom. The SMILES string of the molecule is CNCC(=Cc1cc(F)cnc1N)B1OC(C)(C)C(C)(C)O1. The number of nitrogens with two attached hydrogens (primary N) is 1. The van der Waals surface area contributed by atoms with Crippen molar-refractivity contribution >= 4 is 19.0 Å². The maximum Gasteiger partial charge on any atom is 0.491 e. The Bertz CT molecular complexity index is 574. The molecule has 0 atom stereocenters. The summed E-state index contributed by atoms with van der Waals surface area (Å²) in [4.78, 5) is 3.83. The predicted octanol–water partition coefficient (Wildman–Crippen LogP) is 2.04. The zero-order chi connectivity index (χ0) is 16.5. The van der Waals surface area contributed by atoms with Gasteiger partial charge in [-0.15, -0.1) is 0 Å². The number of likely N-dealkylation sites (N-methyl/N-ethyl adjacent to an activating group) is 1. The summed E-state index contributed by atoms with van der Waals surface area (Å²) in [6.07, 6.45) is 2.86. The molecule has 1 saturated heterocycles. The van der Waals surface area contributed by atoms with Crippen LogP contribution < -0.4 is 11.1 Å². The molecule has 120 valence electrons. The van der Waals surface area contributed by atoms with Gasteiger partial charge in [0.05, 0.1) is 17.4 Å². The largest absolute Gasteiger partial charge is 0.491 e. The van der Waals surface area contributed by atoms with Crippen molar-refractivity contribution < 1.29 is 13.7 Å². The number of hydrogen-bond donors (Lipinski definition) is 2. The summed E-state index contributed by atoms with van der Waals surface area (Å²) in [5.74, 6) is -0.162. The second kappa shape index (κ2) is 5.99. The standard InChI is InChI=1S/C15H23BFN3O2/c1-14(2)15(3,4)22-16(21-14)11(8-19-5)6-10-7-12(17)9-20-13(10)18/h6-7,9,19H,8H2,1-5H3,(H2,18,20). The van der Waals surface area contributed by atoms with E-state index in [1.54, 1.807) is 6.08 Å². The van der Waals surface area contributed by atoms with Crippen LogP contribution in [0.5, 0.6) is 0 Å². The van der Waals surface area contributed by atoms with E-state index in [0.717, 1.165) is 11.7 Å². The van der Waals surface area contributed by atoms with Gasteiger partial charge in [-0.05, 0) is 46.3 Å². The lowest BCUT2D eigenvalue weighted by Crippen LogP contribution is -2.41. The Morgan fingerprint density at radius 1 is 1.36 bits per heavy atom. The summed E-state index contributed by atoms with van der Waals surface area (Å²) >= 11 is 0. The first-order valence-corrected chi connectivity index (χ1v) is 7.28. The van der Waals surface area contributed by atoms with Crippen LogP contribution in [-0.2, 0) is 9.31 Å². The van der Waals surface area contributed by atoms with Gasteiger partial charge >= 0.3 is 7.12 Å². The van der Waals surface area contributed by atoms with Gasteiger partial charge in [0.1, 0.15) is 11.6 Å². The number of hydrogen-bond acceptors (Lipinski definition) is 5. The van der Waals surface area contributed by atoms with E-state index in [0.29, 0.717) is 12.1 Å². The predicted molar refractivity (Wildman–Crippen MR) is 86.6 cm³/mol. The average Bonchev–Trinajstić information content (AvgIpc) is 2.62. The molecule has 0 aliphatic carbocycles. The molecule has 1 aromatic heterocycles. The van der Waals surface area contributed by atoms with Crippen molar-refractivity contribution in [3.63, 3.8) is 0 Å². The van der Waals surface area contributed by atoms with Crippen molar-refractivity contribution in [2.24, 2.45) is 0 Å². The zero-order valence-electron chi connectivity index (χ0n) is 13.7. The summed E-state index contributed by atoms with van der Waals surface area (Å²) < 4.78 is 25.5. The minimum atomic E-state index is -0.514. The van der Waals surface area contributed by atoms with Crippen molar-refractivity contribution in [2.45, 2.75) is 38.9 Å². The lowest BCUT2D eigenvalue weighted by atomic mass is 9.77. The van der Waals surface area contributed by atoms with Crippen LogP contribution >= 0.6 is 0 Å². The maximum absolute atomic E-state index is 13.4. The fraction of sp³-hybridized carbons (Fsp3) is 0.533. The number of nitrogens with zero attached hydrogens (tertiary/aromatic N) is 1. The molecule has 0 amide bonds. The van der Waals surface area contributed by atoms with Gasteiger partial charge in [0.2, 0.25) is 0 Å². The first-order valence-electron chi connectivity index (χ1n) is 7.28. The number of rotatable bonds is 4. The summed E-state index contributed by atoms with van der Waals surface area (Å²) in [6.45, 7) is 8.49. The van der Waals surface area contributed by atoms with Crippen molar-refractivity contribution in [1.29, 1.82) is 0 Å². The van der Waals surface area contributed by atoms with Gasteiger partial charge in [-0.25, -0.2) is 9.37 Å². The molecule has 2 heterocycles. The van der Waals surface area contributed by atoms with Gasteiger partial charge in [0.15, 0.2) is 0 Å². The molecule has 7 heteroatoms. The van der Waals surface area contributed by atoms with Gasteiger partial charge in [-0.1, -0.05) is 6.08 Å². The molecule has 3 N–H and O–H groups in total. The van der Waals surface area contributed by atoms with Gasteiger partial charge in [-0.2, -0.15) is 0 Å². The molecule has 5 nitrogen and oxygen atoms in total. The molecule has 0 radical (unpaired) electrons. The van der Waals surface area contributed by atoms with Crippen molar-refractivity contribution in [2.75, 3.05) is 19.3 Å². The lowest BCUT2D eigenvalue weighted by molar-refractivity contribution is 0.00578. The highest BCUT2D eigenvalue weighted by Gasteiger charge is 2.52. The second-order valence-corrected chi connectivity index (χ2v) is 6.47. The Labute approximate surface area is 131 Å². The molecule has 1 aromatic rings. The van der Waals surface area contributed by atoms with E-state index in [-0.39, 0.29) is 5.82 Å². The van der Waals surface area contributed by atoms with E-state index in [1.807, 2.05) is 34.7 Å². The van der Waals surface area contributed by atoms with Crippen LogP contribution in [0.2, 0.25) is 0 Å². The number of nitrogen functional groups attached to an aromatic ring is 1. The highest BCUT2D eigenvalue weighted by atomic mass is 19.1. The van der Waals surface area contributed by atoms with Crippen molar-refractivity contribution in [3.05, 3.63) is 29.1 Å². The third kappa shape index (κ3) is 3.32. The van der Waals surface area contributed by atoms with Gasteiger partial charge in [-0.3, -0.25) is 0 Å². The van der Waals surface area contributed by atoms with Crippen molar-refractivity contribution in [3.8, 4) is 0 Å². The molecule has 22 heavy (non-hydrogen) atoms. The summed E-state index contributed by atoms with van der Waals surface area (Å²) in [5.41, 5.74) is 6.29. The van der Waals surface area contributed by atoms with E-state index in [1.165, 1.54) is 6.07 Å².